The highest BCUT2D eigenvalue weighted by Gasteiger charge is 2.38. The standard InChI is InChI=1S/C37H50F2N4O7S/c1-37(2,3)34(31-20-26(28-21-27(38)12-13-29(28)39)23-42(31)22-25-10-8-7-9-11-25)43(32(45)24-44)17-15-30(35(48)40-16-14-33(46)47)41-36(49)50-18-19-51(4,5)6/h7-13,20-21,23,30,34,44H,14-19,22,24H2,1-6H3,(H,40,48)(H,41,49)(H,46,47). The van der Waals surface area contributed by atoms with Crippen molar-refractivity contribution in [1.82, 2.24) is 20.1 Å². The van der Waals surface area contributed by atoms with Crippen molar-refractivity contribution >= 4 is 33.9 Å². The average Bonchev–Trinajstić information content (AvgIpc) is 3.44. The molecule has 1 aromatic heterocycles. The third-order valence-electron chi connectivity index (χ3n) is 8.07. The zero-order valence-corrected chi connectivity index (χ0v) is 30.9. The molecule has 51 heavy (non-hydrogen) atoms. The number of ether oxygens (including phenoxy) is 1. The van der Waals surface area contributed by atoms with Crippen LogP contribution >= 0.6 is 10.0 Å². The number of benzene rings is 2. The minimum atomic E-state index is -1.23. The number of carbonyl (C=O) groups is 4. The number of rotatable bonds is 17. The van der Waals surface area contributed by atoms with Crippen LogP contribution in [0.2, 0.25) is 0 Å². The van der Waals surface area contributed by atoms with Gasteiger partial charge < -0.3 is 35.1 Å². The number of hydrogen-bond acceptors (Lipinski definition) is 6. The smallest absolute Gasteiger partial charge is 0.407 e. The van der Waals surface area contributed by atoms with Gasteiger partial charge in [0.15, 0.2) is 0 Å². The zero-order chi connectivity index (χ0) is 37.9. The Morgan fingerprint density at radius 1 is 1.02 bits per heavy atom. The molecule has 14 heteroatoms. The van der Waals surface area contributed by atoms with Crippen LogP contribution in [-0.4, -0.2) is 100 Å². The van der Waals surface area contributed by atoms with Gasteiger partial charge in [-0.15, -0.1) is 0 Å². The molecule has 0 saturated heterocycles. The number of aliphatic hydroxyl groups is 1. The number of aliphatic hydroxyl groups excluding tert-OH is 1. The van der Waals surface area contributed by atoms with E-state index in [9.17, 15) is 28.7 Å². The summed E-state index contributed by atoms with van der Waals surface area (Å²) in [6.45, 7) is 4.93. The second kappa shape index (κ2) is 18.2. The van der Waals surface area contributed by atoms with Crippen molar-refractivity contribution in [2.24, 2.45) is 5.41 Å². The van der Waals surface area contributed by atoms with E-state index in [4.69, 9.17) is 9.84 Å². The van der Waals surface area contributed by atoms with Crippen molar-refractivity contribution in [2.45, 2.75) is 52.2 Å². The predicted octanol–water partition coefficient (Wildman–Crippen LogP) is 5.16. The molecule has 280 valence electrons. The third kappa shape index (κ3) is 12.7. The number of hydrogen-bond donors (Lipinski definition) is 4. The summed E-state index contributed by atoms with van der Waals surface area (Å²) in [5.41, 5.74) is 1.16. The van der Waals surface area contributed by atoms with Gasteiger partial charge in [-0.05, 0) is 60.4 Å². The topological polar surface area (TPSA) is 150 Å². The lowest BCUT2D eigenvalue weighted by Gasteiger charge is -2.41. The molecule has 0 aliphatic heterocycles. The van der Waals surface area contributed by atoms with E-state index in [1.165, 1.54) is 4.90 Å². The van der Waals surface area contributed by atoms with Crippen LogP contribution < -0.4 is 10.6 Å². The van der Waals surface area contributed by atoms with Crippen LogP contribution in [0.25, 0.3) is 11.1 Å². The van der Waals surface area contributed by atoms with Crippen LogP contribution in [0.5, 0.6) is 0 Å². The number of halogens is 2. The summed E-state index contributed by atoms with van der Waals surface area (Å²) < 4.78 is 36.6. The van der Waals surface area contributed by atoms with E-state index in [0.717, 1.165) is 23.8 Å². The summed E-state index contributed by atoms with van der Waals surface area (Å²) in [6, 6.07) is 12.3. The van der Waals surface area contributed by atoms with Crippen molar-refractivity contribution in [3.05, 3.63) is 83.7 Å². The first-order valence-electron chi connectivity index (χ1n) is 16.6. The highest BCUT2D eigenvalue weighted by atomic mass is 32.3. The van der Waals surface area contributed by atoms with Crippen molar-refractivity contribution in [1.29, 1.82) is 0 Å². The Morgan fingerprint density at radius 3 is 2.31 bits per heavy atom. The number of carboxylic acid groups (broad SMARTS) is 1. The number of aromatic nitrogens is 1. The Hall–Kier alpha value is -4.43. The molecule has 3 amide bonds. The number of carbonyl (C=O) groups excluding carboxylic acids is 3. The van der Waals surface area contributed by atoms with Gasteiger partial charge in [-0.2, -0.15) is 0 Å². The fraction of sp³-hybridized carbons (Fsp3) is 0.459. The summed E-state index contributed by atoms with van der Waals surface area (Å²) in [5.74, 6) is -3.06. The molecular formula is C37H50F2N4O7S. The van der Waals surface area contributed by atoms with Gasteiger partial charge in [-0.3, -0.25) is 14.4 Å². The number of alkyl carbamates (subject to hydrolysis) is 1. The monoisotopic (exact) mass is 732 g/mol. The predicted molar refractivity (Wildman–Crippen MR) is 195 cm³/mol. The van der Waals surface area contributed by atoms with Gasteiger partial charge in [0.1, 0.15) is 30.9 Å². The van der Waals surface area contributed by atoms with Crippen LogP contribution in [0.3, 0.4) is 0 Å². The molecule has 11 nitrogen and oxygen atoms in total. The molecule has 0 bridgehead atoms. The molecule has 0 spiro atoms. The van der Waals surface area contributed by atoms with E-state index < -0.39 is 69.6 Å². The van der Waals surface area contributed by atoms with E-state index in [1.807, 2.05) is 55.7 Å². The Labute approximate surface area is 299 Å². The van der Waals surface area contributed by atoms with Crippen molar-refractivity contribution < 1.29 is 42.9 Å². The minimum absolute atomic E-state index is 0.0321. The molecule has 2 unspecified atom stereocenters. The number of aliphatic carboxylic acids is 1. The van der Waals surface area contributed by atoms with Crippen LogP contribution in [-0.2, 0) is 25.7 Å². The summed E-state index contributed by atoms with van der Waals surface area (Å²) in [5, 5.41) is 24.3. The molecule has 1 heterocycles. The maximum absolute atomic E-state index is 15.1. The average molecular weight is 733 g/mol. The van der Waals surface area contributed by atoms with Crippen LogP contribution in [0, 0.1) is 17.0 Å². The number of nitrogens with zero attached hydrogens (tertiary/aromatic N) is 2. The highest BCUT2D eigenvalue weighted by Crippen LogP contribution is 2.41. The normalized spacial score (nSPS) is 13.2. The lowest BCUT2D eigenvalue weighted by molar-refractivity contribution is -0.140. The molecule has 0 fully saturated rings. The van der Waals surface area contributed by atoms with Crippen molar-refractivity contribution in [2.75, 3.05) is 50.8 Å². The first-order chi connectivity index (χ1) is 23.9. The fourth-order valence-corrected chi connectivity index (χ4v) is 6.20. The number of nitrogens with one attached hydrogen (secondary N) is 2. The van der Waals surface area contributed by atoms with Crippen LogP contribution in [0.15, 0.2) is 60.8 Å². The Morgan fingerprint density at radius 2 is 1.71 bits per heavy atom. The summed E-state index contributed by atoms with van der Waals surface area (Å²) in [6.07, 6.45) is 6.59. The van der Waals surface area contributed by atoms with E-state index in [0.29, 0.717) is 23.6 Å². The molecule has 4 N–H and O–H groups in total. The van der Waals surface area contributed by atoms with E-state index in [-0.39, 0.29) is 38.1 Å². The van der Waals surface area contributed by atoms with Gasteiger partial charge in [0.05, 0.1) is 12.5 Å². The second-order valence-corrected chi connectivity index (χ2v) is 18.8. The van der Waals surface area contributed by atoms with Gasteiger partial charge in [-0.1, -0.05) is 51.1 Å². The first kappa shape index (κ1) is 41.0. The summed E-state index contributed by atoms with van der Waals surface area (Å²) in [7, 11) is -0.962. The molecule has 3 aromatic rings. The quantitative estimate of drug-likeness (QED) is 0.150. The number of amides is 3. The van der Waals surface area contributed by atoms with Crippen molar-refractivity contribution in [3.63, 3.8) is 0 Å². The maximum atomic E-state index is 15.1. The number of carboxylic acids is 1. The Balaban J connectivity index is 2.04. The fourth-order valence-electron chi connectivity index (χ4n) is 5.62. The molecule has 0 saturated carbocycles. The van der Waals surface area contributed by atoms with E-state index in [2.05, 4.69) is 29.4 Å². The van der Waals surface area contributed by atoms with Gasteiger partial charge in [0, 0.05) is 48.4 Å². The van der Waals surface area contributed by atoms with E-state index >= 15 is 4.39 Å². The lowest BCUT2D eigenvalue weighted by atomic mass is 9.82. The first-order valence-corrected chi connectivity index (χ1v) is 19.6. The third-order valence-corrected chi connectivity index (χ3v) is 9.46. The Kier molecular flexibility index (Phi) is 14.6. The van der Waals surface area contributed by atoms with Gasteiger partial charge >= 0.3 is 12.1 Å². The summed E-state index contributed by atoms with van der Waals surface area (Å²) in [4.78, 5) is 52.1. The van der Waals surface area contributed by atoms with Gasteiger partial charge in [0.2, 0.25) is 11.8 Å². The summed E-state index contributed by atoms with van der Waals surface area (Å²) >= 11 is 0. The molecule has 0 aliphatic carbocycles. The second-order valence-electron chi connectivity index (χ2n) is 14.3. The van der Waals surface area contributed by atoms with Crippen LogP contribution in [0.4, 0.5) is 13.6 Å². The molecule has 2 aromatic carbocycles. The minimum Gasteiger partial charge on any atom is -0.481 e. The van der Waals surface area contributed by atoms with Gasteiger partial charge in [0.25, 0.3) is 0 Å². The molecule has 2 atom stereocenters. The van der Waals surface area contributed by atoms with Gasteiger partial charge in [-0.25, -0.2) is 23.6 Å². The van der Waals surface area contributed by atoms with E-state index in [1.54, 1.807) is 12.3 Å². The lowest BCUT2D eigenvalue weighted by Crippen LogP contribution is -2.50. The highest BCUT2D eigenvalue weighted by molar-refractivity contribution is 8.32. The van der Waals surface area contributed by atoms with Crippen molar-refractivity contribution in [3.8, 4) is 11.1 Å². The SMILES string of the molecule is CC(C)(C)C(c1cc(-c2cc(F)ccc2F)cn1Cc1ccccc1)N(CCC(NC(=O)OCCS(C)(C)C)C(=O)NCCC(=O)O)C(=O)CO. The molecular weight excluding hydrogens is 682 g/mol. The largest absolute Gasteiger partial charge is 0.481 e. The van der Waals surface area contributed by atoms with Crippen LogP contribution in [0.1, 0.15) is 50.9 Å². The molecule has 0 aliphatic rings. The maximum Gasteiger partial charge on any atom is 0.407 e. The molecule has 0 radical (unpaired) electrons. The Bertz CT molecular complexity index is 1650. The zero-order valence-electron chi connectivity index (χ0n) is 30.1. The molecule has 3 rings (SSSR count).